The van der Waals surface area contributed by atoms with Gasteiger partial charge < -0.3 is 5.11 Å². The van der Waals surface area contributed by atoms with E-state index < -0.39 is 5.97 Å². The highest BCUT2D eigenvalue weighted by Crippen LogP contribution is 2.20. The van der Waals surface area contributed by atoms with Gasteiger partial charge in [0, 0.05) is 16.5 Å². The molecule has 1 aromatic rings. The molecule has 1 N–H and O–H groups in total. The lowest BCUT2D eigenvalue weighted by molar-refractivity contribution is -0.136. The molecular formula is C11H11BrO3. The van der Waals surface area contributed by atoms with Crippen molar-refractivity contribution in [3.05, 3.63) is 33.8 Å². The number of halogens is 1. The van der Waals surface area contributed by atoms with Gasteiger partial charge in [0.2, 0.25) is 0 Å². The molecule has 1 aromatic carbocycles. The Balaban J connectivity index is 2.97. The topological polar surface area (TPSA) is 54.4 Å². The Morgan fingerprint density at radius 3 is 2.53 bits per heavy atom. The molecule has 0 atom stereocenters. The third kappa shape index (κ3) is 3.16. The van der Waals surface area contributed by atoms with Crippen LogP contribution in [-0.2, 0) is 11.2 Å². The lowest BCUT2D eigenvalue weighted by Crippen LogP contribution is -2.02. The maximum absolute atomic E-state index is 11.4. The van der Waals surface area contributed by atoms with Crippen molar-refractivity contribution in [2.45, 2.75) is 19.8 Å². The van der Waals surface area contributed by atoms with Crippen molar-refractivity contribution in [2.75, 3.05) is 0 Å². The minimum atomic E-state index is -0.884. The van der Waals surface area contributed by atoms with E-state index in [1.807, 2.05) is 0 Å². The fourth-order valence-electron chi connectivity index (χ4n) is 1.23. The van der Waals surface area contributed by atoms with Gasteiger partial charge in [0.25, 0.3) is 0 Å². The second-order valence-electron chi connectivity index (χ2n) is 3.15. The van der Waals surface area contributed by atoms with Crippen LogP contribution < -0.4 is 0 Å². The standard InChI is InChI=1S/C11H11BrO3/c1-2-10(13)8-4-3-7(6-11(14)15)9(12)5-8/h3-5H,2,6H2,1H3,(H,14,15). The average molecular weight is 271 g/mol. The zero-order valence-corrected chi connectivity index (χ0v) is 9.87. The van der Waals surface area contributed by atoms with E-state index in [0.29, 0.717) is 22.0 Å². The van der Waals surface area contributed by atoms with E-state index in [4.69, 9.17) is 5.11 Å². The van der Waals surface area contributed by atoms with Crippen LogP contribution in [0.5, 0.6) is 0 Å². The number of carbonyl (C=O) groups is 2. The molecule has 0 spiro atoms. The van der Waals surface area contributed by atoms with E-state index in [1.54, 1.807) is 25.1 Å². The number of carbonyl (C=O) groups excluding carboxylic acids is 1. The summed E-state index contributed by atoms with van der Waals surface area (Å²) in [4.78, 5) is 21.9. The van der Waals surface area contributed by atoms with Gasteiger partial charge in [0.15, 0.2) is 5.78 Å². The van der Waals surface area contributed by atoms with Gasteiger partial charge in [-0.15, -0.1) is 0 Å². The molecule has 0 saturated heterocycles. The van der Waals surface area contributed by atoms with E-state index in [0.717, 1.165) is 0 Å². The second kappa shape index (κ2) is 5.07. The quantitative estimate of drug-likeness (QED) is 0.856. The Morgan fingerprint density at radius 1 is 1.40 bits per heavy atom. The fraction of sp³-hybridized carbons (Fsp3) is 0.273. The number of hydrogen-bond acceptors (Lipinski definition) is 2. The molecule has 0 heterocycles. The molecule has 4 heteroatoms. The summed E-state index contributed by atoms with van der Waals surface area (Å²) in [5.74, 6) is -0.831. The van der Waals surface area contributed by atoms with Crippen LogP contribution in [0, 0.1) is 0 Å². The Morgan fingerprint density at radius 2 is 2.07 bits per heavy atom. The molecule has 0 bridgehead atoms. The summed E-state index contributed by atoms with van der Waals surface area (Å²) < 4.78 is 0.671. The van der Waals surface area contributed by atoms with Gasteiger partial charge in [-0.3, -0.25) is 9.59 Å². The van der Waals surface area contributed by atoms with E-state index in [-0.39, 0.29) is 12.2 Å². The lowest BCUT2D eigenvalue weighted by atomic mass is 10.1. The van der Waals surface area contributed by atoms with Gasteiger partial charge in [-0.1, -0.05) is 35.0 Å². The van der Waals surface area contributed by atoms with Crippen molar-refractivity contribution < 1.29 is 14.7 Å². The van der Waals surface area contributed by atoms with E-state index >= 15 is 0 Å². The van der Waals surface area contributed by atoms with Gasteiger partial charge in [0.05, 0.1) is 6.42 Å². The third-order valence-corrected chi connectivity index (χ3v) is 2.78. The van der Waals surface area contributed by atoms with Crippen molar-refractivity contribution in [1.82, 2.24) is 0 Å². The summed E-state index contributed by atoms with van der Waals surface area (Å²) in [6.07, 6.45) is 0.409. The van der Waals surface area contributed by atoms with Crippen molar-refractivity contribution >= 4 is 27.7 Å². The van der Waals surface area contributed by atoms with Crippen LogP contribution in [0.25, 0.3) is 0 Å². The van der Waals surface area contributed by atoms with Gasteiger partial charge in [-0.25, -0.2) is 0 Å². The first-order chi connectivity index (χ1) is 7.04. The summed E-state index contributed by atoms with van der Waals surface area (Å²) in [7, 11) is 0. The molecule has 0 aliphatic carbocycles. The predicted molar refractivity (Wildman–Crippen MR) is 60.1 cm³/mol. The summed E-state index contributed by atoms with van der Waals surface area (Å²) in [6.45, 7) is 1.79. The first-order valence-electron chi connectivity index (χ1n) is 4.58. The van der Waals surface area contributed by atoms with Crippen LogP contribution in [0.2, 0.25) is 0 Å². The molecule has 15 heavy (non-hydrogen) atoms. The molecule has 0 fully saturated rings. The smallest absolute Gasteiger partial charge is 0.307 e. The average Bonchev–Trinajstić information content (AvgIpc) is 2.19. The molecule has 0 amide bonds. The number of carboxylic acids is 1. The van der Waals surface area contributed by atoms with Crippen molar-refractivity contribution in [3.8, 4) is 0 Å². The third-order valence-electron chi connectivity index (χ3n) is 2.04. The number of aliphatic carboxylic acids is 1. The van der Waals surface area contributed by atoms with Gasteiger partial charge in [0.1, 0.15) is 0 Å². The Labute approximate surface area is 96.2 Å². The predicted octanol–water partition coefficient (Wildman–Crippen LogP) is 2.67. The highest BCUT2D eigenvalue weighted by molar-refractivity contribution is 9.10. The number of benzene rings is 1. The fourth-order valence-corrected chi connectivity index (χ4v) is 1.75. The summed E-state index contributed by atoms with van der Waals surface area (Å²) in [5, 5.41) is 8.63. The zero-order chi connectivity index (χ0) is 11.4. The van der Waals surface area contributed by atoms with Crippen LogP contribution in [0.15, 0.2) is 22.7 Å². The van der Waals surface area contributed by atoms with Gasteiger partial charge in [-0.2, -0.15) is 0 Å². The molecule has 0 aromatic heterocycles. The van der Waals surface area contributed by atoms with Crippen LogP contribution in [0.1, 0.15) is 29.3 Å². The van der Waals surface area contributed by atoms with Gasteiger partial charge >= 0.3 is 5.97 Å². The minimum Gasteiger partial charge on any atom is -0.481 e. The Bertz CT molecular complexity index is 399. The number of hydrogen-bond donors (Lipinski definition) is 1. The number of carboxylic acid groups (broad SMARTS) is 1. The number of ketones is 1. The maximum Gasteiger partial charge on any atom is 0.307 e. The molecule has 0 aliphatic heterocycles. The summed E-state index contributed by atoms with van der Waals surface area (Å²) in [6, 6.07) is 5.00. The Hall–Kier alpha value is -1.16. The molecule has 0 aliphatic rings. The van der Waals surface area contributed by atoms with Crippen LogP contribution >= 0.6 is 15.9 Å². The van der Waals surface area contributed by atoms with Crippen LogP contribution in [0.4, 0.5) is 0 Å². The SMILES string of the molecule is CCC(=O)c1ccc(CC(=O)O)c(Br)c1. The molecule has 1 rings (SSSR count). The Kier molecular flexibility index (Phi) is 4.03. The highest BCUT2D eigenvalue weighted by Gasteiger charge is 2.08. The first kappa shape index (κ1) is 11.9. The van der Waals surface area contributed by atoms with Crippen molar-refractivity contribution in [3.63, 3.8) is 0 Å². The van der Waals surface area contributed by atoms with Crippen molar-refractivity contribution in [2.24, 2.45) is 0 Å². The van der Waals surface area contributed by atoms with Crippen LogP contribution in [0.3, 0.4) is 0 Å². The lowest BCUT2D eigenvalue weighted by Gasteiger charge is -2.04. The minimum absolute atomic E-state index is 0.0405. The summed E-state index contributed by atoms with van der Waals surface area (Å²) in [5.41, 5.74) is 1.29. The molecule has 3 nitrogen and oxygen atoms in total. The second-order valence-corrected chi connectivity index (χ2v) is 4.01. The monoisotopic (exact) mass is 270 g/mol. The molecule has 0 radical (unpaired) electrons. The van der Waals surface area contributed by atoms with Crippen molar-refractivity contribution in [1.29, 1.82) is 0 Å². The normalized spacial score (nSPS) is 10.0. The largest absolute Gasteiger partial charge is 0.481 e. The molecule has 0 saturated carbocycles. The number of rotatable bonds is 4. The number of Topliss-reactive ketones (excluding diaryl/α,β-unsaturated/α-hetero) is 1. The van der Waals surface area contributed by atoms with E-state index in [1.165, 1.54) is 0 Å². The maximum atomic E-state index is 11.4. The van der Waals surface area contributed by atoms with Crippen LogP contribution in [-0.4, -0.2) is 16.9 Å². The molecule has 80 valence electrons. The first-order valence-corrected chi connectivity index (χ1v) is 5.37. The highest BCUT2D eigenvalue weighted by atomic mass is 79.9. The molecule has 0 unspecified atom stereocenters. The zero-order valence-electron chi connectivity index (χ0n) is 8.29. The summed E-state index contributed by atoms with van der Waals surface area (Å²) >= 11 is 3.26. The molecular weight excluding hydrogens is 260 g/mol. The van der Waals surface area contributed by atoms with E-state index in [9.17, 15) is 9.59 Å². The van der Waals surface area contributed by atoms with Gasteiger partial charge in [-0.05, 0) is 11.6 Å². The van der Waals surface area contributed by atoms with E-state index in [2.05, 4.69) is 15.9 Å².